The zero-order valence-electron chi connectivity index (χ0n) is 53.9. The molecule has 2 fully saturated rings. The zero-order valence-corrected chi connectivity index (χ0v) is 55.6. The summed E-state index contributed by atoms with van der Waals surface area (Å²) in [6.45, 7) is 5.35. The molecule has 2 saturated heterocycles. The van der Waals surface area contributed by atoms with Gasteiger partial charge in [-0.15, -0.1) is 0 Å². The molecule has 1 aromatic carbocycles. The second-order valence-corrected chi connectivity index (χ2v) is 26.6. The predicted molar refractivity (Wildman–Crippen MR) is 339 cm³/mol. The van der Waals surface area contributed by atoms with Crippen LogP contribution in [0.3, 0.4) is 0 Å². The number of nitrogens with zero attached hydrogens (tertiary/aromatic N) is 2. The highest BCUT2D eigenvalue weighted by Crippen LogP contribution is 2.38. The van der Waals surface area contributed by atoms with Gasteiger partial charge in [0.05, 0.1) is 6.04 Å². The highest BCUT2D eigenvalue weighted by Gasteiger charge is 2.43. The van der Waals surface area contributed by atoms with Crippen LogP contribution >= 0.6 is 6.72 Å². The largest absolute Gasteiger partial charge is 0.481 e. The van der Waals surface area contributed by atoms with Crippen molar-refractivity contribution in [3.8, 4) is 5.75 Å². The fourth-order valence-corrected chi connectivity index (χ4v) is 11.2. The van der Waals surface area contributed by atoms with E-state index in [1.165, 1.54) is 29.2 Å². The lowest BCUT2D eigenvalue weighted by atomic mass is 9.95. The van der Waals surface area contributed by atoms with Crippen LogP contribution in [0.15, 0.2) is 24.3 Å². The summed E-state index contributed by atoms with van der Waals surface area (Å²) in [7, 11) is 0. The monoisotopic (exact) mass is 1380 g/mol. The Hall–Kier alpha value is -8.40. The molecule has 12 atom stereocenters. The van der Waals surface area contributed by atoms with Crippen molar-refractivity contribution in [2.75, 3.05) is 19.6 Å². The quantitative estimate of drug-likeness (QED) is 0.0307. The van der Waals surface area contributed by atoms with E-state index in [1.807, 2.05) is 0 Å². The lowest BCUT2D eigenvalue weighted by Crippen LogP contribution is -2.61. The number of carboxylic acid groups (broad SMARTS) is 4. The van der Waals surface area contributed by atoms with Gasteiger partial charge in [-0.2, -0.15) is 0 Å². The van der Waals surface area contributed by atoms with Crippen LogP contribution < -0.4 is 58.5 Å². The molecule has 34 nitrogen and oxygen atoms in total. The number of nitrogens with one attached hydrogen (secondary N) is 8. The number of likely N-dealkylation sites (tertiary alicyclic amines) is 2. The maximum absolute atomic E-state index is 14.7. The Balaban J connectivity index is 2.01. The van der Waals surface area contributed by atoms with Crippen molar-refractivity contribution >= 4 is 107 Å². The molecule has 2 heterocycles. The number of primary amides is 1. The van der Waals surface area contributed by atoms with Crippen molar-refractivity contribution in [1.82, 2.24) is 52.3 Å². The van der Waals surface area contributed by atoms with Gasteiger partial charge in [0, 0.05) is 57.0 Å². The summed E-state index contributed by atoms with van der Waals surface area (Å²) >= 11 is 4.55. The minimum Gasteiger partial charge on any atom is -0.481 e. The van der Waals surface area contributed by atoms with E-state index in [0.717, 1.165) is 4.90 Å². The molecular weight excluding hydrogens is 1290 g/mol. The molecule has 0 aliphatic carbocycles. The normalized spacial score (nSPS) is 17.7. The van der Waals surface area contributed by atoms with Crippen LogP contribution in [-0.2, 0) is 90.1 Å². The van der Waals surface area contributed by atoms with E-state index in [2.05, 4.69) is 54.3 Å². The van der Waals surface area contributed by atoms with E-state index in [-0.39, 0.29) is 68.8 Å². The van der Waals surface area contributed by atoms with Crippen LogP contribution in [0.2, 0.25) is 0 Å². The smallest absolute Gasteiger partial charge is 0.375 e. The lowest BCUT2D eigenvalue weighted by Gasteiger charge is -2.33. The molecule has 1 aromatic rings. The molecule has 36 heteroatoms. The van der Waals surface area contributed by atoms with Crippen molar-refractivity contribution in [1.29, 1.82) is 0 Å². The van der Waals surface area contributed by atoms with E-state index in [1.54, 1.807) is 41.5 Å². The van der Waals surface area contributed by atoms with Crippen molar-refractivity contribution in [2.24, 2.45) is 29.2 Å². The number of rotatable bonds is 41. The first-order valence-corrected chi connectivity index (χ1v) is 33.9. The Morgan fingerprint density at radius 3 is 1.45 bits per heavy atom. The number of nitrogens with two attached hydrogens (primary N) is 2. The minimum absolute atomic E-state index is 0.00585. The second-order valence-electron chi connectivity index (χ2n) is 24.0. The van der Waals surface area contributed by atoms with Crippen molar-refractivity contribution in [3.63, 3.8) is 0 Å². The maximum Gasteiger partial charge on any atom is 0.375 e. The van der Waals surface area contributed by atoms with Crippen LogP contribution in [0.4, 0.5) is 0 Å². The zero-order chi connectivity index (χ0) is 71.6. The topological polar surface area (TPSA) is 541 Å². The number of carbonyl (C=O) groups excluding carboxylic acids is 11. The van der Waals surface area contributed by atoms with Crippen LogP contribution in [-0.4, -0.2) is 209 Å². The first kappa shape index (κ1) is 80.8. The highest BCUT2D eigenvalue weighted by molar-refractivity contribution is 8.06. The van der Waals surface area contributed by atoms with Gasteiger partial charge in [0.15, 0.2) is 0 Å². The molecule has 0 saturated carbocycles. The third kappa shape index (κ3) is 27.5. The Labute approximate surface area is 553 Å². The third-order valence-electron chi connectivity index (χ3n) is 16.1. The standard InChI is InChI=1S/C59H91N12O22PS/c1-7-31(5)48(57(88)67-39(27-30(3)4)50(81)62-29-47(79)80)68-56(87)42-12-10-26-71(42)59(90)49(32(6)8-2)69-53(84)38(20-24-46(77)78)63-51(82)37(19-23-45(75)76)64-54(85)40(28-33-13-15-34(16-14-33)93-94(91,92)95)66-52(83)36(18-21-43(61)72)65-55(86)41-11-9-25-70(41)58(89)35(60)17-22-44(73)74/h13-16,30-32,35-42,48-49H,7-12,17-29,60H2,1-6H3,(H2,61,72)(H,62,81)(H,63,82)(H,64,85)(H,65,86)(H,66,83)(H,67,88)(H,68,87)(H,69,84)(H,73,74)(H,75,76)(H,77,78)(H,79,80)(H2,91,92,95)/t31-,32-,35-,36-,37-,38-,39-,40-,41-,42-,48-,49-/m0/s1. The summed E-state index contributed by atoms with van der Waals surface area (Å²) in [4.78, 5) is 222. The molecule has 95 heavy (non-hydrogen) atoms. The molecule has 11 amide bonds. The van der Waals surface area contributed by atoms with Crippen LogP contribution in [0.25, 0.3) is 0 Å². The Kier molecular flexibility index (Phi) is 33.0. The Morgan fingerprint density at radius 1 is 0.547 bits per heavy atom. The van der Waals surface area contributed by atoms with Crippen LogP contribution in [0.1, 0.15) is 143 Å². The number of carboxylic acids is 4. The molecule has 18 N–H and O–H groups in total. The van der Waals surface area contributed by atoms with Gasteiger partial charge in [0.1, 0.15) is 66.7 Å². The van der Waals surface area contributed by atoms with Gasteiger partial charge in [-0.05, 0) is 93.2 Å². The molecule has 530 valence electrons. The number of amides is 11. The highest BCUT2D eigenvalue weighted by atomic mass is 32.5. The fraction of sp³-hybridized carbons (Fsp3) is 0.644. The molecule has 2 aliphatic rings. The Morgan fingerprint density at radius 2 is 0.979 bits per heavy atom. The van der Waals surface area contributed by atoms with E-state index in [0.29, 0.717) is 12.8 Å². The number of aliphatic carboxylic acids is 4. The molecule has 3 rings (SSSR count). The van der Waals surface area contributed by atoms with Crippen molar-refractivity contribution < 1.29 is 107 Å². The predicted octanol–water partition coefficient (Wildman–Crippen LogP) is -2.28. The van der Waals surface area contributed by atoms with Gasteiger partial charge < -0.3 is 98.5 Å². The lowest BCUT2D eigenvalue weighted by molar-refractivity contribution is -0.144. The number of benzene rings is 1. The molecule has 2 aliphatic heterocycles. The second kappa shape index (κ2) is 38.8. The van der Waals surface area contributed by atoms with Gasteiger partial charge in [0.2, 0.25) is 65.0 Å². The van der Waals surface area contributed by atoms with E-state index < -0.39 is 226 Å². The summed E-state index contributed by atoms with van der Waals surface area (Å²) in [5.41, 5.74) is 11.6. The molecule has 0 aromatic heterocycles. The van der Waals surface area contributed by atoms with E-state index >= 15 is 0 Å². The summed E-state index contributed by atoms with van der Waals surface area (Å²) in [5, 5.41) is 57.8. The minimum atomic E-state index is -4.24. The van der Waals surface area contributed by atoms with Crippen LogP contribution in [0.5, 0.6) is 5.75 Å². The van der Waals surface area contributed by atoms with Crippen LogP contribution in [0, 0.1) is 17.8 Å². The summed E-state index contributed by atoms with van der Waals surface area (Å²) in [5.74, 6) is -17.3. The van der Waals surface area contributed by atoms with Gasteiger partial charge >= 0.3 is 30.6 Å². The van der Waals surface area contributed by atoms with Gasteiger partial charge in [-0.3, -0.25) is 71.9 Å². The van der Waals surface area contributed by atoms with Gasteiger partial charge in [-0.1, -0.05) is 66.5 Å². The molecular formula is C59H91N12O22PS. The number of hydrogen-bond donors (Lipinski definition) is 16. The SMILES string of the molecule is CC[C@H](C)[C@H](NC(=O)[C@@H]1CCCN1C(=O)[C@@H](NC(=O)[C@H](CCC(=O)O)NC(=O)[C@H](CCC(=O)O)NC(=O)[C@H](Cc1ccc(OP(O)(O)=S)cc1)NC(=O)[C@H](CCC(N)=O)NC(=O)[C@@H]1CCCN1C(=O)[C@@H](N)CCC(=O)O)[C@@H](C)CC)C(=O)N[C@@H](CC(C)C)C(=O)NCC(=O)O. The molecule has 0 bridgehead atoms. The first-order chi connectivity index (χ1) is 44.5. The van der Waals surface area contributed by atoms with Crippen molar-refractivity contribution in [3.05, 3.63) is 29.8 Å². The third-order valence-corrected chi connectivity index (χ3v) is 16.8. The van der Waals surface area contributed by atoms with Gasteiger partial charge in [-0.25, -0.2) is 0 Å². The summed E-state index contributed by atoms with van der Waals surface area (Å²) in [6, 6.07) is -9.75. The Bertz CT molecular complexity index is 2990. The van der Waals surface area contributed by atoms with Crippen molar-refractivity contribution in [2.45, 2.75) is 205 Å². The fourth-order valence-electron chi connectivity index (χ4n) is 10.5. The summed E-state index contributed by atoms with van der Waals surface area (Å²) < 4.78 is 4.97. The summed E-state index contributed by atoms with van der Waals surface area (Å²) in [6.07, 6.45) is -3.69. The average molecular weight is 1380 g/mol. The first-order valence-electron chi connectivity index (χ1n) is 31.2. The van der Waals surface area contributed by atoms with E-state index in [4.69, 9.17) is 26.2 Å². The average Bonchev–Trinajstić information content (AvgIpc) is 1.79. The number of carbonyl (C=O) groups is 15. The van der Waals surface area contributed by atoms with E-state index in [9.17, 15) is 91.9 Å². The van der Waals surface area contributed by atoms with Gasteiger partial charge in [0.25, 0.3) is 0 Å². The number of hydrogen-bond acceptors (Lipinski definition) is 18. The molecule has 0 unspecified atom stereocenters. The molecule has 0 spiro atoms. The maximum atomic E-state index is 14.7. The molecule has 0 radical (unpaired) electrons.